The minimum Gasteiger partial charge on any atom is -0.435 e. The first kappa shape index (κ1) is 20.2. The lowest BCUT2D eigenvalue weighted by molar-refractivity contribution is 0.0897. The van der Waals surface area contributed by atoms with E-state index in [-0.39, 0.29) is 5.82 Å². The van der Waals surface area contributed by atoms with Crippen LogP contribution in [0.25, 0.3) is 0 Å². The van der Waals surface area contributed by atoms with Crippen LogP contribution in [0.1, 0.15) is 11.9 Å². The Hall–Kier alpha value is -3.06. The molecule has 4 rings (SSSR count). The predicted molar refractivity (Wildman–Crippen MR) is 111 cm³/mol. The van der Waals surface area contributed by atoms with Crippen LogP contribution in [0.4, 0.5) is 10.9 Å². The standard InChI is InChI=1S/C18H17N7O3S2/c1-25-15(4-6-21-25)28-14-7-12(29-11-3-2-5-19-8-11)9-20-17(14)23-18-22-16(24-30-18)13(27)10-26/h2-9,13,26-27H,10H2,1H3,(H,20,22,23,24). The van der Waals surface area contributed by atoms with E-state index in [0.717, 1.165) is 21.3 Å². The molecule has 30 heavy (non-hydrogen) atoms. The first-order chi connectivity index (χ1) is 14.6. The summed E-state index contributed by atoms with van der Waals surface area (Å²) in [5.74, 6) is 1.57. The van der Waals surface area contributed by atoms with Crippen molar-refractivity contribution in [2.75, 3.05) is 11.9 Å². The van der Waals surface area contributed by atoms with Gasteiger partial charge in [-0.1, -0.05) is 11.8 Å². The summed E-state index contributed by atoms with van der Waals surface area (Å²) in [6.07, 6.45) is 5.70. The molecule has 4 aromatic rings. The molecule has 10 nitrogen and oxygen atoms in total. The zero-order valence-corrected chi connectivity index (χ0v) is 17.3. The zero-order chi connectivity index (χ0) is 20.9. The molecule has 0 fully saturated rings. The summed E-state index contributed by atoms with van der Waals surface area (Å²) >= 11 is 2.55. The SMILES string of the molecule is Cn1nccc1Oc1cc(Sc2cccnc2)cnc1Nc1nc(C(O)CO)ns1. The van der Waals surface area contributed by atoms with Crippen molar-refractivity contribution in [2.24, 2.45) is 7.05 Å². The molecule has 154 valence electrons. The first-order valence-electron chi connectivity index (χ1n) is 8.75. The monoisotopic (exact) mass is 443 g/mol. The fraction of sp³-hybridized carbons (Fsp3) is 0.167. The van der Waals surface area contributed by atoms with Gasteiger partial charge in [0, 0.05) is 59.1 Å². The zero-order valence-electron chi connectivity index (χ0n) is 15.7. The van der Waals surface area contributed by atoms with Crippen LogP contribution >= 0.6 is 23.3 Å². The Morgan fingerprint density at radius 3 is 2.90 bits per heavy atom. The number of hydrogen-bond acceptors (Lipinski definition) is 11. The lowest BCUT2D eigenvalue weighted by Crippen LogP contribution is -2.05. The number of rotatable bonds is 8. The van der Waals surface area contributed by atoms with Crippen LogP contribution in [0.3, 0.4) is 0 Å². The van der Waals surface area contributed by atoms with Crippen molar-refractivity contribution in [1.82, 2.24) is 29.1 Å². The maximum absolute atomic E-state index is 9.69. The molecule has 0 aliphatic carbocycles. The van der Waals surface area contributed by atoms with Crippen LogP contribution in [-0.2, 0) is 7.05 Å². The van der Waals surface area contributed by atoms with E-state index in [0.29, 0.717) is 22.6 Å². The van der Waals surface area contributed by atoms with Gasteiger partial charge in [0.25, 0.3) is 0 Å². The Labute approximate surface area is 179 Å². The van der Waals surface area contributed by atoms with E-state index < -0.39 is 12.7 Å². The largest absolute Gasteiger partial charge is 0.435 e. The third-order valence-electron chi connectivity index (χ3n) is 3.83. The summed E-state index contributed by atoms with van der Waals surface area (Å²) in [6.45, 7) is -0.455. The van der Waals surface area contributed by atoms with Gasteiger partial charge in [0.15, 0.2) is 17.4 Å². The molecule has 1 unspecified atom stereocenters. The smallest absolute Gasteiger partial charge is 0.217 e. The minimum absolute atomic E-state index is 0.142. The number of nitrogens with zero attached hydrogens (tertiary/aromatic N) is 6. The Morgan fingerprint density at radius 1 is 1.27 bits per heavy atom. The molecular weight excluding hydrogens is 426 g/mol. The third kappa shape index (κ3) is 4.74. The summed E-state index contributed by atoms with van der Waals surface area (Å²) in [5, 5.41) is 26.3. The van der Waals surface area contributed by atoms with Crippen LogP contribution in [0.2, 0.25) is 0 Å². The van der Waals surface area contributed by atoms with Crippen LogP contribution in [-0.4, -0.2) is 45.9 Å². The number of aliphatic hydroxyl groups excluding tert-OH is 2. The van der Waals surface area contributed by atoms with Crippen molar-refractivity contribution in [2.45, 2.75) is 15.9 Å². The molecule has 12 heteroatoms. The maximum Gasteiger partial charge on any atom is 0.217 e. The third-order valence-corrected chi connectivity index (χ3v) is 5.41. The summed E-state index contributed by atoms with van der Waals surface area (Å²) < 4.78 is 11.7. The Bertz CT molecular complexity index is 1120. The highest BCUT2D eigenvalue weighted by molar-refractivity contribution is 7.99. The minimum atomic E-state index is -1.13. The van der Waals surface area contributed by atoms with E-state index in [1.807, 2.05) is 18.2 Å². The van der Waals surface area contributed by atoms with Gasteiger partial charge in [0.1, 0.15) is 6.10 Å². The number of aliphatic hydroxyl groups is 2. The lowest BCUT2D eigenvalue weighted by atomic mass is 10.4. The van der Waals surface area contributed by atoms with Crippen LogP contribution in [0.15, 0.2) is 58.8 Å². The molecule has 0 radical (unpaired) electrons. The Kier molecular flexibility index (Phi) is 6.18. The van der Waals surface area contributed by atoms with Crippen molar-refractivity contribution >= 4 is 34.2 Å². The van der Waals surface area contributed by atoms with Gasteiger partial charge in [0.2, 0.25) is 11.0 Å². The van der Waals surface area contributed by atoms with Crippen LogP contribution < -0.4 is 10.1 Å². The molecule has 4 heterocycles. The molecule has 0 aliphatic rings. The highest BCUT2D eigenvalue weighted by Gasteiger charge is 2.16. The van der Waals surface area contributed by atoms with Gasteiger partial charge in [-0.2, -0.15) is 9.47 Å². The quantitative estimate of drug-likeness (QED) is 0.373. The number of pyridine rings is 2. The Balaban J connectivity index is 1.62. The second kappa shape index (κ2) is 9.17. The highest BCUT2D eigenvalue weighted by atomic mass is 32.2. The van der Waals surface area contributed by atoms with E-state index in [9.17, 15) is 5.11 Å². The van der Waals surface area contributed by atoms with Crippen molar-refractivity contribution in [3.63, 3.8) is 0 Å². The molecule has 0 spiro atoms. The van der Waals surface area contributed by atoms with Crippen molar-refractivity contribution in [1.29, 1.82) is 0 Å². The first-order valence-corrected chi connectivity index (χ1v) is 10.3. The molecule has 4 aromatic heterocycles. The summed E-state index contributed by atoms with van der Waals surface area (Å²) in [7, 11) is 1.78. The Morgan fingerprint density at radius 2 is 2.17 bits per heavy atom. The number of hydrogen-bond donors (Lipinski definition) is 3. The molecule has 3 N–H and O–H groups in total. The second-order valence-electron chi connectivity index (χ2n) is 5.98. The number of ether oxygens (including phenoxy) is 1. The fourth-order valence-electron chi connectivity index (χ4n) is 2.38. The maximum atomic E-state index is 9.69. The topological polar surface area (TPSA) is 131 Å². The van der Waals surface area contributed by atoms with Crippen molar-refractivity contribution in [3.8, 4) is 11.6 Å². The molecule has 0 aromatic carbocycles. The van der Waals surface area contributed by atoms with Crippen LogP contribution in [0, 0.1) is 0 Å². The van der Waals surface area contributed by atoms with E-state index in [2.05, 4.69) is 29.7 Å². The molecular formula is C18H17N7O3S2. The van der Waals surface area contributed by atoms with E-state index in [4.69, 9.17) is 9.84 Å². The van der Waals surface area contributed by atoms with Gasteiger partial charge in [-0.3, -0.25) is 4.98 Å². The lowest BCUT2D eigenvalue weighted by Gasteiger charge is -2.12. The molecule has 0 saturated heterocycles. The summed E-state index contributed by atoms with van der Waals surface area (Å²) in [6, 6.07) is 7.42. The molecule has 0 aliphatic heterocycles. The van der Waals surface area contributed by atoms with Crippen molar-refractivity contribution in [3.05, 3.63) is 54.9 Å². The van der Waals surface area contributed by atoms with Gasteiger partial charge >= 0.3 is 0 Å². The molecule has 0 saturated carbocycles. The van der Waals surface area contributed by atoms with Gasteiger partial charge in [-0.25, -0.2) is 14.6 Å². The number of anilines is 2. The van der Waals surface area contributed by atoms with E-state index >= 15 is 0 Å². The average molecular weight is 444 g/mol. The molecule has 0 amide bonds. The van der Waals surface area contributed by atoms with E-state index in [1.165, 1.54) is 11.8 Å². The van der Waals surface area contributed by atoms with Gasteiger partial charge in [-0.05, 0) is 12.1 Å². The summed E-state index contributed by atoms with van der Waals surface area (Å²) in [4.78, 5) is 14.6. The fourth-order valence-corrected chi connectivity index (χ4v) is 3.80. The number of aromatic nitrogens is 6. The van der Waals surface area contributed by atoms with Crippen LogP contribution in [0.5, 0.6) is 11.6 Å². The van der Waals surface area contributed by atoms with Gasteiger partial charge in [0.05, 0.1) is 12.8 Å². The van der Waals surface area contributed by atoms with Gasteiger partial charge in [-0.15, -0.1) is 0 Å². The molecule has 0 bridgehead atoms. The number of aryl methyl sites for hydroxylation is 1. The van der Waals surface area contributed by atoms with Crippen molar-refractivity contribution < 1.29 is 14.9 Å². The predicted octanol–water partition coefficient (Wildman–Crippen LogP) is 2.77. The average Bonchev–Trinajstić information content (AvgIpc) is 3.39. The second-order valence-corrected chi connectivity index (χ2v) is 7.88. The van der Waals surface area contributed by atoms with Gasteiger partial charge < -0.3 is 20.3 Å². The van der Waals surface area contributed by atoms with E-state index in [1.54, 1.807) is 42.6 Å². The molecule has 1 atom stereocenters. The highest BCUT2D eigenvalue weighted by Crippen LogP contribution is 2.36. The normalized spacial score (nSPS) is 12.0. The number of nitrogens with one attached hydrogen (secondary N) is 1. The summed E-state index contributed by atoms with van der Waals surface area (Å²) in [5.41, 5.74) is 0.